The van der Waals surface area contributed by atoms with Crippen molar-refractivity contribution in [1.29, 1.82) is 0 Å². The number of guanidine groups is 1. The van der Waals surface area contributed by atoms with Crippen LogP contribution in [0.1, 0.15) is 38.5 Å². The van der Waals surface area contributed by atoms with Gasteiger partial charge < -0.3 is 20.7 Å². The maximum atomic E-state index is 11.8. The van der Waals surface area contributed by atoms with Gasteiger partial charge in [-0.15, -0.1) is 24.0 Å². The van der Waals surface area contributed by atoms with Crippen molar-refractivity contribution in [2.45, 2.75) is 44.6 Å². The third kappa shape index (κ3) is 9.89. The first-order valence-electron chi connectivity index (χ1n) is 7.49. The summed E-state index contributed by atoms with van der Waals surface area (Å²) >= 11 is 0. The van der Waals surface area contributed by atoms with Crippen LogP contribution in [0.25, 0.3) is 0 Å². The molecule has 21 heavy (non-hydrogen) atoms. The molecule has 6 nitrogen and oxygen atoms in total. The van der Waals surface area contributed by atoms with E-state index in [2.05, 4.69) is 20.9 Å². The largest absolute Gasteiger partial charge is 0.385 e. The molecular weight excluding hydrogens is 383 g/mol. The number of ether oxygens (including phenoxy) is 1. The Labute approximate surface area is 144 Å². The molecule has 1 saturated carbocycles. The molecule has 1 rings (SSSR count). The van der Waals surface area contributed by atoms with E-state index in [1.807, 2.05) is 0 Å². The fraction of sp³-hybridized carbons (Fsp3) is 0.857. The zero-order chi connectivity index (χ0) is 14.6. The lowest BCUT2D eigenvalue weighted by molar-refractivity contribution is -0.120. The van der Waals surface area contributed by atoms with E-state index in [0.29, 0.717) is 18.6 Å². The molecule has 0 aromatic heterocycles. The van der Waals surface area contributed by atoms with Crippen molar-refractivity contribution in [1.82, 2.24) is 16.0 Å². The van der Waals surface area contributed by atoms with Crippen LogP contribution in [0.5, 0.6) is 0 Å². The number of nitrogens with one attached hydrogen (secondary N) is 3. The molecule has 0 aromatic rings. The Hall–Kier alpha value is -0.570. The second kappa shape index (κ2) is 13.1. The Kier molecular flexibility index (Phi) is 12.8. The Morgan fingerprint density at radius 1 is 1.24 bits per heavy atom. The molecular formula is C14H29IN4O2. The van der Waals surface area contributed by atoms with Crippen molar-refractivity contribution in [2.24, 2.45) is 4.99 Å². The average molecular weight is 412 g/mol. The predicted molar refractivity (Wildman–Crippen MR) is 96.3 cm³/mol. The lowest BCUT2D eigenvalue weighted by Crippen LogP contribution is -2.46. The Morgan fingerprint density at radius 3 is 2.57 bits per heavy atom. The third-order valence-corrected chi connectivity index (χ3v) is 3.43. The molecule has 0 heterocycles. The average Bonchev–Trinajstić information content (AvgIpc) is 2.47. The summed E-state index contributed by atoms with van der Waals surface area (Å²) in [5.41, 5.74) is 0. The van der Waals surface area contributed by atoms with Gasteiger partial charge in [-0.2, -0.15) is 0 Å². The van der Waals surface area contributed by atoms with E-state index in [0.717, 1.165) is 25.8 Å². The monoisotopic (exact) mass is 412 g/mol. The number of nitrogens with zero attached hydrogens (tertiary/aromatic N) is 1. The smallest absolute Gasteiger partial charge is 0.239 e. The molecule has 1 amide bonds. The van der Waals surface area contributed by atoms with E-state index in [1.54, 1.807) is 14.2 Å². The summed E-state index contributed by atoms with van der Waals surface area (Å²) in [7, 11) is 3.38. The van der Waals surface area contributed by atoms with Gasteiger partial charge in [0.2, 0.25) is 5.91 Å². The Bertz CT molecular complexity index is 307. The van der Waals surface area contributed by atoms with Crippen LogP contribution in [0.15, 0.2) is 4.99 Å². The molecule has 0 aromatic carbocycles. The highest BCUT2D eigenvalue weighted by Gasteiger charge is 2.15. The third-order valence-electron chi connectivity index (χ3n) is 3.43. The van der Waals surface area contributed by atoms with Crippen molar-refractivity contribution < 1.29 is 9.53 Å². The van der Waals surface area contributed by atoms with E-state index in [9.17, 15) is 4.79 Å². The summed E-state index contributed by atoms with van der Waals surface area (Å²) in [5, 5.41) is 9.23. The fourth-order valence-corrected chi connectivity index (χ4v) is 2.33. The van der Waals surface area contributed by atoms with Crippen molar-refractivity contribution in [3.63, 3.8) is 0 Å². The van der Waals surface area contributed by atoms with Gasteiger partial charge in [0, 0.05) is 33.4 Å². The molecule has 124 valence electrons. The predicted octanol–water partition coefficient (Wildman–Crippen LogP) is 1.25. The van der Waals surface area contributed by atoms with Gasteiger partial charge in [-0.25, -0.2) is 0 Å². The topological polar surface area (TPSA) is 74.8 Å². The molecule has 3 N–H and O–H groups in total. The minimum absolute atomic E-state index is 0. The molecule has 0 bridgehead atoms. The highest BCUT2D eigenvalue weighted by molar-refractivity contribution is 14.0. The van der Waals surface area contributed by atoms with Crippen LogP contribution in [0.2, 0.25) is 0 Å². The van der Waals surface area contributed by atoms with Gasteiger partial charge in [-0.1, -0.05) is 19.3 Å². The highest BCUT2D eigenvalue weighted by atomic mass is 127. The van der Waals surface area contributed by atoms with Gasteiger partial charge in [-0.05, 0) is 19.3 Å². The highest BCUT2D eigenvalue weighted by Crippen LogP contribution is 2.16. The van der Waals surface area contributed by atoms with Crippen LogP contribution < -0.4 is 16.0 Å². The van der Waals surface area contributed by atoms with Gasteiger partial charge >= 0.3 is 0 Å². The number of amides is 1. The molecule has 0 atom stereocenters. The molecule has 1 fully saturated rings. The van der Waals surface area contributed by atoms with Crippen molar-refractivity contribution in [2.75, 3.05) is 33.9 Å². The molecule has 0 unspecified atom stereocenters. The minimum atomic E-state index is 0. The normalized spacial score (nSPS) is 16.0. The SMILES string of the molecule is CN=C(NCCCOC)NCC(=O)NC1CCCCC1.I. The van der Waals surface area contributed by atoms with E-state index in [1.165, 1.54) is 19.3 Å². The standard InChI is InChI=1S/C14H28N4O2.HI/c1-15-14(16-9-6-10-20-2)17-11-13(19)18-12-7-4-3-5-8-12;/h12H,3-11H2,1-2H3,(H,18,19)(H2,15,16,17);1H. The zero-order valence-corrected chi connectivity index (χ0v) is 15.4. The van der Waals surface area contributed by atoms with E-state index < -0.39 is 0 Å². The molecule has 1 aliphatic rings. The van der Waals surface area contributed by atoms with Gasteiger partial charge in [0.1, 0.15) is 0 Å². The summed E-state index contributed by atoms with van der Waals surface area (Å²) in [6, 6.07) is 0.356. The number of hydrogen-bond acceptors (Lipinski definition) is 3. The number of rotatable bonds is 7. The van der Waals surface area contributed by atoms with Crippen LogP contribution in [-0.2, 0) is 9.53 Å². The number of methoxy groups -OCH3 is 1. The zero-order valence-electron chi connectivity index (χ0n) is 13.1. The van der Waals surface area contributed by atoms with Crippen molar-refractivity contribution in [3.05, 3.63) is 0 Å². The summed E-state index contributed by atoms with van der Waals surface area (Å²) in [6.07, 6.45) is 6.86. The molecule has 0 aliphatic heterocycles. The summed E-state index contributed by atoms with van der Waals surface area (Å²) in [5.74, 6) is 0.691. The van der Waals surface area contributed by atoms with Gasteiger partial charge in [0.05, 0.1) is 6.54 Å². The first-order chi connectivity index (χ1) is 9.76. The first kappa shape index (κ1) is 20.4. The van der Waals surface area contributed by atoms with Gasteiger partial charge in [-0.3, -0.25) is 9.79 Å². The van der Waals surface area contributed by atoms with Gasteiger partial charge in [0.15, 0.2) is 5.96 Å². The number of halogens is 1. The number of hydrogen-bond donors (Lipinski definition) is 3. The maximum Gasteiger partial charge on any atom is 0.239 e. The Balaban J connectivity index is 0.00000400. The lowest BCUT2D eigenvalue weighted by Gasteiger charge is -2.23. The van der Waals surface area contributed by atoms with Crippen LogP contribution in [-0.4, -0.2) is 51.8 Å². The van der Waals surface area contributed by atoms with E-state index >= 15 is 0 Å². The first-order valence-corrected chi connectivity index (χ1v) is 7.49. The minimum Gasteiger partial charge on any atom is -0.385 e. The lowest BCUT2D eigenvalue weighted by atomic mass is 9.95. The Morgan fingerprint density at radius 2 is 1.95 bits per heavy atom. The number of carbonyl (C=O) groups is 1. The van der Waals surface area contributed by atoms with Crippen LogP contribution in [0.3, 0.4) is 0 Å². The van der Waals surface area contributed by atoms with E-state index in [4.69, 9.17) is 4.74 Å². The number of carbonyl (C=O) groups excluding carboxylic acids is 1. The van der Waals surface area contributed by atoms with Crippen molar-refractivity contribution >= 4 is 35.8 Å². The second-order valence-electron chi connectivity index (χ2n) is 5.10. The molecule has 0 saturated heterocycles. The molecule has 0 radical (unpaired) electrons. The van der Waals surface area contributed by atoms with E-state index in [-0.39, 0.29) is 36.4 Å². The van der Waals surface area contributed by atoms with Crippen LogP contribution in [0, 0.1) is 0 Å². The molecule has 1 aliphatic carbocycles. The van der Waals surface area contributed by atoms with Gasteiger partial charge in [0.25, 0.3) is 0 Å². The quantitative estimate of drug-likeness (QED) is 0.255. The molecule has 0 spiro atoms. The summed E-state index contributed by atoms with van der Waals surface area (Å²) in [4.78, 5) is 15.9. The maximum absolute atomic E-state index is 11.8. The van der Waals surface area contributed by atoms with Crippen molar-refractivity contribution in [3.8, 4) is 0 Å². The summed E-state index contributed by atoms with van der Waals surface area (Å²) in [6.45, 7) is 1.75. The second-order valence-corrected chi connectivity index (χ2v) is 5.10. The number of aliphatic imine (C=N–C) groups is 1. The molecule has 7 heteroatoms. The summed E-state index contributed by atoms with van der Waals surface area (Å²) < 4.78 is 4.98. The van der Waals surface area contributed by atoms with Crippen LogP contribution in [0.4, 0.5) is 0 Å². The van der Waals surface area contributed by atoms with Crippen LogP contribution >= 0.6 is 24.0 Å². The fourth-order valence-electron chi connectivity index (χ4n) is 2.33.